The number of anilines is 1. The van der Waals surface area contributed by atoms with Gasteiger partial charge in [0.05, 0.1) is 19.0 Å². The number of carbonyl (C=O) groups is 1. The summed E-state index contributed by atoms with van der Waals surface area (Å²) in [5.41, 5.74) is 2.64. The first kappa shape index (κ1) is 18.8. The summed E-state index contributed by atoms with van der Waals surface area (Å²) in [6.45, 7) is 3.71. The SMILES string of the molecule is CCc1ccc(/C=N\O[C@@H](C)C(=O)Nc2cc(Cl)ccc2OC)cc1. The van der Waals surface area contributed by atoms with Crippen LogP contribution in [0.4, 0.5) is 5.69 Å². The van der Waals surface area contributed by atoms with Crippen LogP contribution >= 0.6 is 11.6 Å². The Morgan fingerprint density at radius 3 is 2.64 bits per heavy atom. The van der Waals surface area contributed by atoms with Gasteiger partial charge in [-0.25, -0.2) is 0 Å². The second kappa shape index (κ2) is 9.08. The fourth-order valence-corrected chi connectivity index (χ4v) is 2.25. The Bertz CT molecular complexity index is 745. The van der Waals surface area contributed by atoms with Crippen LogP contribution in [-0.4, -0.2) is 25.3 Å². The van der Waals surface area contributed by atoms with Crippen molar-refractivity contribution in [2.45, 2.75) is 26.4 Å². The van der Waals surface area contributed by atoms with E-state index in [1.165, 1.54) is 12.7 Å². The summed E-state index contributed by atoms with van der Waals surface area (Å²) >= 11 is 5.95. The van der Waals surface area contributed by atoms with Gasteiger partial charge in [0, 0.05) is 5.02 Å². The van der Waals surface area contributed by atoms with Gasteiger partial charge < -0.3 is 14.9 Å². The van der Waals surface area contributed by atoms with Crippen molar-refractivity contribution in [2.75, 3.05) is 12.4 Å². The van der Waals surface area contributed by atoms with Crippen LogP contribution in [-0.2, 0) is 16.1 Å². The van der Waals surface area contributed by atoms with E-state index in [2.05, 4.69) is 17.4 Å². The summed E-state index contributed by atoms with van der Waals surface area (Å²) in [4.78, 5) is 17.4. The fourth-order valence-electron chi connectivity index (χ4n) is 2.08. The second-order valence-corrected chi connectivity index (χ2v) is 5.85. The van der Waals surface area contributed by atoms with Crippen molar-refractivity contribution in [3.63, 3.8) is 0 Å². The lowest BCUT2D eigenvalue weighted by molar-refractivity contribution is -0.126. The van der Waals surface area contributed by atoms with Gasteiger partial charge in [0.25, 0.3) is 5.91 Å². The van der Waals surface area contributed by atoms with E-state index >= 15 is 0 Å². The molecule has 0 spiro atoms. The molecule has 25 heavy (non-hydrogen) atoms. The average Bonchev–Trinajstić information content (AvgIpc) is 2.62. The maximum atomic E-state index is 12.2. The third-order valence-corrected chi connectivity index (χ3v) is 3.83. The number of nitrogens with zero attached hydrogens (tertiary/aromatic N) is 1. The van der Waals surface area contributed by atoms with Gasteiger partial charge in [0.2, 0.25) is 6.10 Å². The average molecular weight is 361 g/mol. The Labute approximate surface area is 152 Å². The van der Waals surface area contributed by atoms with Crippen molar-refractivity contribution < 1.29 is 14.4 Å². The van der Waals surface area contributed by atoms with Gasteiger partial charge in [0.1, 0.15) is 5.75 Å². The van der Waals surface area contributed by atoms with Gasteiger partial charge in [-0.15, -0.1) is 0 Å². The first-order valence-electron chi connectivity index (χ1n) is 7.96. The van der Waals surface area contributed by atoms with Crippen LogP contribution in [0.3, 0.4) is 0 Å². The summed E-state index contributed by atoms with van der Waals surface area (Å²) in [6.07, 6.45) is 1.79. The Hall–Kier alpha value is -2.53. The van der Waals surface area contributed by atoms with Crippen molar-refractivity contribution in [1.29, 1.82) is 0 Å². The van der Waals surface area contributed by atoms with Crippen LogP contribution in [0.25, 0.3) is 0 Å². The molecule has 6 heteroatoms. The molecule has 0 unspecified atom stereocenters. The van der Waals surface area contributed by atoms with Gasteiger partial charge in [-0.05, 0) is 42.7 Å². The number of oxime groups is 1. The molecule has 0 saturated heterocycles. The van der Waals surface area contributed by atoms with Gasteiger partial charge in [-0.2, -0.15) is 0 Å². The van der Waals surface area contributed by atoms with E-state index in [1.807, 2.05) is 24.3 Å². The first-order valence-corrected chi connectivity index (χ1v) is 8.33. The molecule has 0 radical (unpaired) electrons. The minimum absolute atomic E-state index is 0.348. The molecule has 0 heterocycles. The molecule has 0 fully saturated rings. The predicted octanol–water partition coefficient (Wildman–Crippen LogP) is 4.29. The highest BCUT2D eigenvalue weighted by molar-refractivity contribution is 6.31. The Morgan fingerprint density at radius 1 is 1.28 bits per heavy atom. The van der Waals surface area contributed by atoms with Crippen LogP contribution in [0.2, 0.25) is 5.02 Å². The normalized spacial score (nSPS) is 12.0. The maximum absolute atomic E-state index is 12.2. The number of carbonyl (C=O) groups excluding carboxylic acids is 1. The molecule has 0 saturated carbocycles. The molecule has 0 aliphatic rings. The summed E-state index contributed by atoms with van der Waals surface area (Å²) in [5.74, 6) is 0.170. The Balaban J connectivity index is 1.93. The highest BCUT2D eigenvalue weighted by Crippen LogP contribution is 2.27. The molecule has 0 aliphatic heterocycles. The number of amides is 1. The van der Waals surface area contributed by atoms with Crippen molar-refractivity contribution >= 4 is 29.4 Å². The third kappa shape index (κ3) is 5.50. The lowest BCUT2D eigenvalue weighted by Gasteiger charge is -2.13. The molecule has 1 N–H and O–H groups in total. The molecule has 2 aromatic rings. The van der Waals surface area contributed by atoms with Gasteiger partial charge in [-0.3, -0.25) is 4.79 Å². The molecule has 0 aromatic heterocycles. The van der Waals surface area contributed by atoms with Crippen LogP contribution < -0.4 is 10.1 Å². The monoisotopic (exact) mass is 360 g/mol. The zero-order chi connectivity index (χ0) is 18.2. The van der Waals surface area contributed by atoms with Crippen LogP contribution in [0.15, 0.2) is 47.6 Å². The number of ether oxygens (including phenoxy) is 1. The quantitative estimate of drug-likeness (QED) is 0.592. The topological polar surface area (TPSA) is 59.9 Å². The largest absolute Gasteiger partial charge is 0.495 e. The molecule has 1 atom stereocenters. The molecule has 0 bridgehead atoms. The van der Waals surface area contributed by atoms with Crippen molar-refractivity contribution in [3.8, 4) is 5.75 Å². The Kier molecular flexibility index (Phi) is 6.83. The number of rotatable bonds is 7. The number of hydrogen-bond acceptors (Lipinski definition) is 4. The van der Waals surface area contributed by atoms with Gasteiger partial charge >= 0.3 is 0 Å². The number of nitrogens with one attached hydrogen (secondary N) is 1. The summed E-state index contributed by atoms with van der Waals surface area (Å²) in [6, 6.07) is 12.9. The summed E-state index contributed by atoms with van der Waals surface area (Å²) in [5, 5.41) is 7.09. The molecular weight excluding hydrogens is 340 g/mol. The minimum atomic E-state index is -0.769. The lowest BCUT2D eigenvalue weighted by atomic mass is 10.1. The van der Waals surface area contributed by atoms with Crippen LogP contribution in [0.5, 0.6) is 5.75 Å². The number of hydrogen-bond donors (Lipinski definition) is 1. The van der Waals surface area contributed by atoms with Gasteiger partial charge in [-0.1, -0.05) is 47.9 Å². The zero-order valence-corrected chi connectivity index (χ0v) is 15.2. The molecule has 5 nitrogen and oxygen atoms in total. The third-order valence-electron chi connectivity index (χ3n) is 3.60. The van der Waals surface area contributed by atoms with E-state index in [4.69, 9.17) is 21.2 Å². The van der Waals surface area contributed by atoms with Gasteiger partial charge in [0.15, 0.2) is 0 Å². The van der Waals surface area contributed by atoms with Crippen LogP contribution in [0.1, 0.15) is 25.0 Å². The predicted molar refractivity (Wildman–Crippen MR) is 101 cm³/mol. The minimum Gasteiger partial charge on any atom is -0.495 e. The molecule has 132 valence electrons. The second-order valence-electron chi connectivity index (χ2n) is 5.41. The molecular formula is C19H21ClN2O3. The van der Waals surface area contributed by atoms with Crippen molar-refractivity contribution in [3.05, 3.63) is 58.6 Å². The van der Waals surface area contributed by atoms with E-state index in [1.54, 1.807) is 31.3 Å². The molecule has 1 amide bonds. The van der Waals surface area contributed by atoms with Crippen molar-refractivity contribution in [2.24, 2.45) is 5.16 Å². The van der Waals surface area contributed by atoms with E-state index in [9.17, 15) is 4.79 Å². The summed E-state index contributed by atoms with van der Waals surface area (Å²) < 4.78 is 5.19. The highest BCUT2D eigenvalue weighted by atomic mass is 35.5. The number of aryl methyl sites for hydroxylation is 1. The molecule has 2 rings (SSSR count). The highest BCUT2D eigenvalue weighted by Gasteiger charge is 2.16. The lowest BCUT2D eigenvalue weighted by Crippen LogP contribution is -2.26. The van der Waals surface area contributed by atoms with E-state index in [0.29, 0.717) is 16.5 Å². The van der Waals surface area contributed by atoms with E-state index < -0.39 is 6.10 Å². The number of halogens is 1. The first-order chi connectivity index (χ1) is 12.0. The number of methoxy groups -OCH3 is 1. The standard InChI is InChI=1S/C19H21ClN2O3/c1-4-14-5-7-15(8-6-14)12-21-25-13(2)19(23)22-17-11-16(20)9-10-18(17)24-3/h5-13H,4H2,1-3H3,(H,22,23)/b21-12-/t13-/m0/s1. The zero-order valence-electron chi connectivity index (χ0n) is 14.5. The molecule has 2 aromatic carbocycles. The Morgan fingerprint density at radius 2 is 2.00 bits per heavy atom. The smallest absolute Gasteiger partial charge is 0.268 e. The summed E-state index contributed by atoms with van der Waals surface area (Å²) in [7, 11) is 1.52. The fraction of sp³-hybridized carbons (Fsp3) is 0.263. The van der Waals surface area contributed by atoms with E-state index in [-0.39, 0.29) is 5.91 Å². The van der Waals surface area contributed by atoms with Crippen LogP contribution in [0, 0.1) is 0 Å². The molecule has 0 aliphatic carbocycles. The van der Waals surface area contributed by atoms with Crippen molar-refractivity contribution in [1.82, 2.24) is 0 Å². The van der Waals surface area contributed by atoms with E-state index in [0.717, 1.165) is 12.0 Å². The number of benzene rings is 2. The maximum Gasteiger partial charge on any atom is 0.268 e.